The minimum Gasteiger partial charge on any atom is -0.496 e. The van der Waals surface area contributed by atoms with Crippen molar-refractivity contribution in [3.05, 3.63) is 59.2 Å². The first kappa shape index (κ1) is 18.3. The predicted molar refractivity (Wildman–Crippen MR) is 103 cm³/mol. The summed E-state index contributed by atoms with van der Waals surface area (Å²) in [7, 11) is 1.63. The van der Waals surface area contributed by atoms with Gasteiger partial charge in [-0.1, -0.05) is 24.3 Å². The quantitative estimate of drug-likeness (QED) is 0.848. The fraction of sp³-hybridized carbons (Fsp3) is 0.455. The van der Waals surface area contributed by atoms with Crippen molar-refractivity contribution in [3.8, 4) is 11.5 Å². The van der Waals surface area contributed by atoms with E-state index in [1.807, 2.05) is 36.4 Å². The Labute approximate surface area is 160 Å². The summed E-state index contributed by atoms with van der Waals surface area (Å²) in [5.41, 5.74) is 2.09. The lowest BCUT2D eigenvalue weighted by molar-refractivity contribution is -0.0358. The third-order valence-corrected chi connectivity index (χ3v) is 5.82. The number of hydrogen-bond donors (Lipinski definition) is 2. The van der Waals surface area contributed by atoms with Crippen LogP contribution in [0.4, 0.5) is 0 Å². The number of nitrogens with zero attached hydrogens (tertiary/aromatic N) is 1. The highest BCUT2D eigenvalue weighted by Crippen LogP contribution is 2.38. The Bertz CT molecular complexity index is 799. The normalized spacial score (nSPS) is 20.0. The Morgan fingerprint density at radius 2 is 1.96 bits per heavy atom. The number of rotatable bonds is 5. The third-order valence-electron chi connectivity index (χ3n) is 5.82. The molecule has 2 aliphatic heterocycles. The second-order valence-electron chi connectivity index (χ2n) is 7.51. The molecule has 5 heteroatoms. The van der Waals surface area contributed by atoms with Gasteiger partial charge in [0.2, 0.25) is 0 Å². The molecule has 2 aromatic rings. The second kappa shape index (κ2) is 7.50. The lowest BCUT2D eigenvalue weighted by Crippen LogP contribution is -2.44. The number of piperidine rings is 1. The van der Waals surface area contributed by atoms with Crippen LogP contribution in [0.5, 0.6) is 11.5 Å². The van der Waals surface area contributed by atoms with E-state index in [2.05, 4.69) is 11.0 Å². The molecule has 1 atom stereocenters. The number of methoxy groups -OCH3 is 1. The van der Waals surface area contributed by atoms with Gasteiger partial charge in [0, 0.05) is 31.6 Å². The molecule has 5 nitrogen and oxygen atoms in total. The van der Waals surface area contributed by atoms with Gasteiger partial charge in [-0.3, -0.25) is 0 Å². The van der Waals surface area contributed by atoms with Gasteiger partial charge in [-0.05, 0) is 42.2 Å². The zero-order valence-corrected chi connectivity index (χ0v) is 15.7. The first-order valence-electron chi connectivity index (χ1n) is 9.61. The van der Waals surface area contributed by atoms with Gasteiger partial charge in [0.25, 0.3) is 0 Å². The van der Waals surface area contributed by atoms with Gasteiger partial charge in [0.15, 0.2) is 0 Å². The molecule has 1 saturated heterocycles. The molecular formula is C22H27NO4. The Morgan fingerprint density at radius 3 is 2.74 bits per heavy atom. The van der Waals surface area contributed by atoms with Crippen LogP contribution in [0, 0.1) is 0 Å². The number of ether oxygens (including phenoxy) is 2. The van der Waals surface area contributed by atoms with Gasteiger partial charge >= 0.3 is 0 Å². The standard InChI is InChI=1S/C22H27NO4/c1-26-21-5-3-2-4-18(21)22(25)9-11-23(12-10-22)15-19(24)16-6-7-20-17(14-16)8-13-27-20/h2-7,14,19,24-25H,8-13,15H2,1H3. The molecule has 2 heterocycles. The summed E-state index contributed by atoms with van der Waals surface area (Å²) in [4.78, 5) is 2.22. The summed E-state index contributed by atoms with van der Waals surface area (Å²) in [6.07, 6.45) is 1.62. The van der Waals surface area contributed by atoms with Crippen LogP contribution in [0.1, 0.15) is 35.6 Å². The Hall–Kier alpha value is -2.08. The first-order valence-corrected chi connectivity index (χ1v) is 9.61. The zero-order chi connectivity index (χ0) is 18.9. The van der Waals surface area contributed by atoms with Crippen LogP contribution >= 0.6 is 0 Å². The Kier molecular flexibility index (Phi) is 5.08. The number of likely N-dealkylation sites (tertiary alicyclic amines) is 1. The van der Waals surface area contributed by atoms with Crippen LogP contribution < -0.4 is 9.47 Å². The van der Waals surface area contributed by atoms with Crippen LogP contribution in [-0.4, -0.2) is 48.5 Å². The van der Waals surface area contributed by atoms with Crippen molar-refractivity contribution in [2.45, 2.75) is 31.0 Å². The van der Waals surface area contributed by atoms with Crippen LogP contribution in [0.2, 0.25) is 0 Å². The van der Waals surface area contributed by atoms with Crippen LogP contribution in [-0.2, 0) is 12.0 Å². The van der Waals surface area contributed by atoms with Crippen molar-refractivity contribution in [3.63, 3.8) is 0 Å². The van der Waals surface area contributed by atoms with Crippen LogP contribution in [0.3, 0.4) is 0 Å². The predicted octanol–water partition coefficient (Wildman–Crippen LogP) is 2.65. The van der Waals surface area contributed by atoms with E-state index in [9.17, 15) is 10.2 Å². The number of hydrogen-bond acceptors (Lipinski definition) is 5. The van der Waals surface area contributed by atoms with E-state index >= 15 is 0 Å². The Balaban J connectivity index is 1.39. The van der Waals surface area contributed by atoms with Crippen molar-refractivity contribution in [2.24, 2.45) is 0 Å². The number of aliphatic hydroxyl groups is 2. The summed E-state index contributed by atoms with van der Waals surface area (Å²) < 4.78 is 11.0. The average Bonchev–Trinajstić information content (AvgIpc) is 3.17. The summed E-state index contributed by atoms with van der Waals surface area (Å²) >= 11 is 0. The van der Waals surface area contributed by atoms with Gasteiger partial charge in [-0.15, -0.1) is 0 Å². The molecule has 1 fully saturated rings. The number of fused-ring (bicyclic) bond motifs is 1. The molecule has 0 radical (unpaired) electrons. The van der Waals surface area contributed by atoms with Crippen molar-refractivity contribution < 1.29 is 19.7 Å². The average molecular weight is 369 g/mol. The number of benzene rings is 2. The molecular weight excluding hydrogens is 342 g/mol. The van der Waals surface area contributed by atoms with Gasteiger partial charge < -0.3 is 24.6 Å². The number of aliphatic hydroxyl groups excluding tert-OH is 1. The fourth-order valence-electron chi connectivity index (χ4n) is 4.17. The van der Waals surface area contributed by atoms with Gasteiger partial charge in [-0.2, -0.15) is 0 Å². The molecule has 4 rings (SSSR count). The smallest absolute Gasteiger partial charge is 0.124 e. The van der Waals surface area contributed by atoms with Crippen molar-refractivity contribution in [1.29, 1.82) is 0 Å². The molecule has 0 saturated carbocycles. The molecule has 0 aliphatic carbocycles. The topological polar surface area (TPSA) is 62.2 Å². The number of β-amino-alcohol motifs (C(OH)–C–C–N with tert-alkyl or cyclic N) is 1. The van der Waals surface area contributed by atoms with Gasteiger partial charge in [0.1, 0.15) is 11.5 Å². The molecule has 2 aromatic carbocycles. The second-order valence-corrected chi connectivity index (χ2v) is 7.51. The van der Waals surface area contributed by atoms with E-state index in [0.29, 0.717) is 19.4 Å². The maximum absolute atomic E-state index is 11.1. The van der Waals surface area contributed by atoms with Crippen molar-refractivity contribution in [1.82, 2.24) is 4.90 Å². The largest absolute Gasteiger partial charge is 0.496 e. The van der Waals surface area contributed by atoms with Gasteiger partial charge in [-0.25, -0.2) is 0 Å². The summed E-state index contributed by atoms with van der Waals surface area (Å²) in [5, 5.41) is 21.8. The summed E-state index contributed by atoms with van der Waals surface area (Å²) in [6.45, 7) is 2.77. The zero-order valence-electron chi connectivity index (χ0n) is 15.7. The molecule has 2 aliphatic rings. The van der Waals surface area contributed by atoms with Crippen LogP contribution in [0.25, 0.3) is 0 Å². The molecule has 144 valence electrons. The number of para-hydroxylation sites is 1. The van der Waals surface area contributed by atoms with E-state index in [-0.39, 0.29) is 0 Å². The maximum atomic E-state index is 11.1. The summed E-state index contributed by atoms with van der Waals surface area (Å²) in [6, 6.07) is 13.6. The van der Waals surface area contributed by atoms with E-state index in [0.717, 1.165) is 48.7 Å². The Morgan fingerprint density at radius 1 is 1.19 bits per heavy atom. The van der Waals surface area contributed by atoms with E-state index < -0.39 is 11.7 Å². The molecule has 0 amide bonds. The van der Waals surface area contributed by atoms with E-state index in [1.54, 1.807) is 7.11 Å². The molecule has 0 bridgehead atoms. The SMILES string of the molecule is COc1ccccc1C1(O)CCN(CC(O)c2ccc3c(c2)CCO3)CC1. The molecule has 2 N–H and O–H groups in total. The fourth-order valence-corrected chi connectivity index (χ4v) is 4.17. The summed E-state index contributed by atoms with van der Waals surface area (Å²) in [5.74, 6) is 1.67. The third kappa shape index (κ3) is 3.68. The maximum Gasteiger partial charge on any atom is 0.124 e. The molecule has 0 spiro atoms. The molecule has 27 heavy (non-hydrogen) atoms. The molecule has 1 unspecified atom stereocenters. The monoisotopic (exact) mass is 369 g/mol. The van der Waals surface area contributed by atoms with E-state index in [4.69, 9.17) is 9.47 Å². The lowest BCUT2D eigenvalue weighted by Gasteiger charge is -2.39. The highest BCUT2D eigenvalue weighted by Gasteiger charge is 2.36. The highest BCUT2D eigenvalue weighted by atomic mass is 16.5. The minimum atomic E-state index is -0.876. The minimum absolute atomic E-state index is 0.534. The van der Waals surface area contributed by atoms with Crippen molar-refractivity contribution >= 4 is 0 Å². The van der Waals surface area contributed by atoms with Crippen molar-refractivity contribution in [2.75, 3.05) is 33.4 Å². The lowest BCUT2D eigenvalue weighted by atomic mass is 9.83. The first-order chi connectivity index (χ1) is 13.1. The van der Waals surface area contributed by atoms with E-state index in [1.165, 1.54) is 5.56 Å². The highest BCUT2D eigenvalue weighted by molar-refractivity contribution is 5.41. The van der Waals surface area contributed by atoms with Crippen LogP contribution in [0.15, 0.2) is 42.5 Å². The molecule has 0 aromatic heterocycles. The van der Waals surface area contributed by atoms with Gasteiger partial charge in [0.05, 0.1) is 25.4 Å².